The maximum absolute atomic E-state index is 12.4. The molecular weight excluding hydrogens is 362 g/mol. The zero-order valence-corrected chi connectivity index (χ0v) is 16.6. The smallest absolute Gasteiger partial charge is 0.234 e. The Balaban J connectivity index is 1.46. The topological polar surface area (TPSA) is 44.8 Å². The second kappa shape index (κ2) is 9.11. The van der Waals surface area contributed by atoms with Gasteiger partial charge in [-0.15, -0.1) is 0 Å². The van der Waals surface area contributed by atoms with E-state index >= 15 is 0 Å². The zero-order valence-electron chi connectivity index (χ0n) is 15.8. The lowest BCUT2D eigenvalue weighted by atomic mass is 10.1. The lowest BCUT2D eigenvalue weighted by Gasteiger charge is -2.36. The van der Waals surface area contributed by atoms with Gasteiger partial charge in [-0.3, -0.25) is 9.69 Å². The number of hydrogen-bond donors (Lipinski definition) is 1. The van der Waals surface area contributed by atoms with Gasteiger partial charge in [-0.2, -0.15) is 0 Å². The molecule has 0 radical (unpaired) electrons. The Labute approximate surface area is 165 Å². The Morgan fingerprint density at radius 1 is 1.15 bits per heavy atom. The first-order valence-corrected chi connectivity index (χ1v) is 9.59. The summed E-state index contributed by atoms with van der Waals surface area (Å²) < 4.78 is 5.21. The number of ether oxygens (including phenoxy) is 1. The molecule has 0 aromatic heterocycles. The minimum Gasteiger partial charge on any atom is -0.497 e. The average Bonchev–Trinajstić information content (AvgIpc) is 2.68. The van der Waals surface area contributed by atoms with Gasteiger partial charge in [0.05, 0.1) is 19.7 Å². The largest absolute Gasteiger partial charge is 0.497 e. The van der Waals surface area contributed by atoms with Crippen LogP contribution in [0.5, 0.6) is 5.75 Å². The predicted molar refractivity (Wildman–Crippen MR) is 110 cm³/mol. The maximum Gasteiger partial charge on any atom is 0.234 e. The number of anilines is 1. The van der Waals surface area contributed by atoms with Gasteiger partial charge in [-0.05, 0) is 48.9 Å². The van der Waals surface area contributed by atoms with Gasteiger partial charge in [0.1, 0.15) is 5.75 Å². The second-order valence-electron chi connectivity index (χ2n) is 6.81. The van der Waals surface area contributed by atoms with Crippen LogP contribution in [0, 0.1) is 0 Å². The summed E-state index contributed by atoms with van der Waals surface area (Å²) in [6.07, 6.45) is 0. The molecule has 0 saturated carbocycles. The van der Waals surface area contributed by atoms with Crippen molar-refractivity contribution in [2.75, 3.05) is 44.7 Å². The van der Waals surface area contributed by atoms with Crippen LogP contribution < -0.4 is 15.0 Å². The van der Waals surface area contributed by atoms with E-state index in [2.05, 4.69) is 27.2 Å². The first-order valence-electron chi connectivity index (χ1n) is 9.21. The fourth-order valence-corrected chi connectivity index (χ4v) is 3.51. The van der Waals surface area contributed by atoms with Crippen molar-refractivity contribution in [3.63, 3.8) is 0 Å². The van der Waals surface area contributed by atoms with Crippen LogP contribution in [0.2, 0.25) is 5.02 Å². The molecule has 1 heterocycles. The SMILES string of the molecule is COc1ccc(N2CCN(CC(=O)N[C@H](C)c3cccc(Cl)c3)CC2)cc1. The average molecular weight is 388 g/mol. The van der Waals surface area contributed by atoms with Crippen LogP contribution >= 0.6 is 11.6 Å². The van der Waals surface area contributed by atoms with E-state index in [1.165, 1.54) is 5.69 Å². The standard InChI is InChI=1S/C21H26ClN3O2/c1-16(17-4-3-5-18(22)14-17)23-21(26)15-24-10-12-25(13-11-24)19-6-8-20(27-2)9-7-19/h3-9,14,16H,10-13,15H2,1-2H3,(H,23,26)/t16-/m1/s1. The lowest BCUT2D eigenvalue weighted by molar-refractivity contribution is -0.123. The molecule has 2 aromatic carbocycles. The van der Waals surface area contributed by atoms with Crippen molar-refractivity contribution in [2.24, 2.45) is 0 Å². The highest BCUT2D eigenvalue weighted by Crippen LogP contribution is 2.21. The van der Waals surface area contributed by atoms with Crippen molar-refractivity contribution < 1.29 is 9.53 Å². The van der Waals surface area contributed by atoms with Crippen LogP contribution in [0.1, 0.15) is 18.5 Å². The molecule has 0 spiro atoms. The van der Waals surface area contributed by atoms with E-state index in [1.807, 2.05) is 43.3 Å². The van der Waals surface area contributed by atoms with Crippen molar-refractivity contribution >= 4 is 23.2 Å². The number of benzene rings is 2. The molecule has 0 bridgehead atoms. The molecule has 2 aromatic rings. The first kappa shape index (κ1) is 19.5. The minimum atomic E-state index is -0.0585. The number of halogens is 1. The van der Waals surface area contributed by atoms with E-state index in [0.29, 0.717) is 11.6 Å². The fourth-order valence-electron chi connectivity index (χ4n) is 3.31. The van der Waals surface area contributed by atoms with E-state index in [4.69, 9.17) is 16.3 Å². The number of methoxy groups -OCH3 is 1. The lowest BCUT2D eigenvalue weighted by Crippen LogP contribution is -2.49. The number of nitrogens with zero attached hydrogens (tertiary/aromatic N) is 2. The van der Waals surface area contributed by atoms with Gasteiger partial charge in [-0.1, -0.05) is 23.7 Å². The number of hydrogen-bond acceptors (Lipinski definition) is 4. The molecule has 1 amide bonds. The van der Waals surface area contributed by atoms with Crippen LogP contribution in [-0.2, 0) is 4.79 Å². The van der Waals surface area contributed by atoms with Gasteiger partial charge in [-0.25, -0.2) is 0 Å². The second-order valence-corrected chi connectivity index (χ2v) is 7.24. The third kappa shape index (κ3) is 5.37. The first-order chi connectivity index (χ1) is 13.0. The molecule has 1 saturated heterocycles. The molecule has 0 aliphatic carbocycles. The predicted octanol–water partition coefficient (Wildman–Crippen LogP) is 3.35. The number of carbonyl (C=O) groups is 1. The molecule has 1 N–H and O–H groups in total. The summed E-state index contributed by atoms with van der Waals surface area (Å²) in [4.78, 5) is 16.9. The van der Waals surface area contributed by atoms with Crippen LogP contribution in [-0.4, -0.2) is 50.6 Å². The van der Waals surface area contributed by atoms with Crippen molar-refractivity contribution in [3.8, 4) is 5.75 Å². The molecule has 144 valence electrons. The van der Waals surface area contributed by atoms with E-state index in [1.54, 1.807) is 7.11 Å². The summed E-state index contributed by atoms with van der Waals surface area (Å²) >= 11 is 6.03. The van der Waals surface area contributed by atoms with Crippen molar-refractivity contribution in [2.45, 2.75) is 13.0 Å². The Kier molecular flexibility index (Phi) is 6.58. The number of piperazine rings is 1. The maximum atomic E-state index is 12.4. The molecule has 1 atom stereocenters. The highest BCUT2D eigenvalue weighted by Gasteiger charge is 2.20. The summed E-state index contributed by atoms with van der Waals surface area (Å²) in [6, 6.07) is 15.7. The number of carbonyl (C=O) groups excluding carboxylic acids is 1. The monoisotopic (exact) mass is 387 g/mol. The normalized spacial score (nSPS) is 16.0. The molecule has 1 fully saturated rings. The highest BCUT2D eigenvalue weighted by atomic mass is 35.5. The van der Waals surface area contributed by atoms with Crippen LogP contribution in [0.15, 0.2) is 48.5 Å². The number of rotatable bonds is 6. The number of amides is 1. The molecular formula is C21H26ClN3O2. The van der Waals surface area contributed by atoms with Crippen LogP contribution in [0.25, 0.3) is 0 Å². The Hall–Kier alpha value is -2.24. The fraction of sp³-hybridized carbons (Fsp3) is 0.381. The summed E-state index contributed by atoms with van der Waals surface area (Å²) in [5.74, 6) is 0.906. The molecule has 5 nitrogen and oxygen atoms in total. The third-order valence-corrected chi connectivity index (χ3v) is 5.14. The Morgan fingerprint density at radius 2 is 1.85 bits per heavy atom. The third-order valence-electron chi connectivity index (χ3n) is 4.90. The number of nitrogens with one attached hydrogen (secondary N) is 1. The van der Waals surface area contributed by atoms with Gasteiger partial charge >= 0.3 is 0 Å². The van der Waals surface area contributed by atoms with E-state index in [9.17, 15) is 4.79 Å². The van der Waals surface area contributed by atoms with Gasteiger partial charge in [0.25, 0.3) is 0 Å². The van der Waals surface area contributed by atoms with Crippen molar-refractivity contribution in [1.29, 1.82) is 0 Å². The Morgan fingerprint density at radius 3 is 2.48 bits per heavy atom. The molecule has 3 rings (SSSR count). The van der Waals surface area contributed by atoms with Gasteiger partial charge in [0, 0.05) is 36.9 Å². The van der Waals surface area contributed by atoms with Crippen molar-refractivity contribution in [3.05, 3.63) is 59.1 Å². The van der Waals surface area contributed by atoms with Crippen LogP contribution in [0.4, 0.5) is 5.69 Å². The zero-order chi connectivity index (χ0) is 19.2. The van der Waals surface area contributed by atoms with Crippen LogP contribution in [0.3, 0.4) is 0 Å². The van der Waals surface area contributed by atoms with Crippen molar-refractivity contribution in [1.82, 2.24) is 10.2 Å². The van der Waals surface area contributed by atoms with E-state index in [0.717, 1.165) is 37.5 Å². The van der Waals surface area contributed by atoms with E-state index < -0.39 is 0 Å². The molecule has 0 unspecified atom stereocenters. The van der Waals surface area contributed by atoms with Gasteiger partial charge in [0.2, 0.25) is 5.91 Å². The summed E-state index contributed by atoms with van der Waals surface area (Å²) in [7, 11) is 1.67. The summed E-state index contributed by atoms with van der Waals surface area (Å²) in [5.41, 5.74) is 2.20. The molecule has 1 aliphatic rings. The molecule has 1 aliphatic heterocycles. The Bertz CT molecular complexity index is 758. The highest BCUT2D eigenvalue weighted by molar-refractivity contribution is 6.30. The molecule has 6 heteroatoms. The quantitative estimate of drug-likeness (QED) is 0.825. The minimum absolute atomic E-state index is 0.0420. The van der Waals surface area contributed by atoms with Gasteiger partial charge < -0.3 is 15.0 Å². The molecule has 27 heavy (non-hydrogen) atoms. The summed E-state index contributed by atoms with van der Waals surface area (Å²) in [5, 5.41) is 3.74. The summed E-state index contributed by atoms with van der Waals surface area (Å²) in [6.45, 7) is 5.94. The van der Waals surface area contributed by atoms with E-state index in [-0.39, 0.29) is 11.9 Å². The van der Waals surface area contributed by atoms with Gasteiger partial charge in [0.15, 0.2) is 0 Å².